The van der Waals surface area contributed by atoms with Gasteiger partial charge in [0.1, 0.15) is 5.52 Å². The maximum atomic E-state index is 5.54. The molecule has 0 unspecified atom stereocenters. The average molecular weight is 219 g/mol. The predicted octanol–water partition coefficient (Wildman–Crippen LogP) is 0.904. The number of rotatable bonds is 5. The third-order valence-electron chi connectivity index (χ3n) is 2.62. The molecular formula is C11H17N5. The van der Waals surface area contributed by atoms with Crippen LogP contribution in [0.3, 0.4) is 0 Å². The van der Waals surface area contributed by atoms with Crippen LogP contribution in [0.15, 0.2) is 24.7 Å². The van der Waals surface area contributed by atoms with Crippen LogP contribution in [0.4, 0.5) is 5.82 Å². The minimum atomic E-state index is 0.707. The van der Waals surface area contributed by atoms with E-state index in [1.165, 1.54) is 0 Å². The summed E-state index contributed by atoms with van der Waals surface area (Å²) in [4.78, 5) is 6.65. The summed E-state index contributed by atoms with van der Waals surface area (Å²) in [6.45, 7) is 4.69. The summed E-state index contributed by atoms with van der Waals surface area (Å²) in [5.41, 5.74) is 6.58. The second-order valence-electron chi connectivity index (χ2n) is 3.63. The van der Waals surface area contributed by atoms with Crippen LogP contribution < -0.4 is 10.6 Å². The minimum absolute atomic E-state index is 0.707. The standard InChI is InChI=1S/C11H17N5/c1-2-15(8-3-5-12)11-10-4-6-14-16(10)9-7-13-11/h4,6-7,9H,2-3,5,8,12H2,1H3. The molecule has 86 valence electrons. The summed E-state index contributed by atoms with van der Waals surface area (Å²) in [5, 5.41) is 4.20. The number of nitrogens with two attached hydrogens (primary N) is 1. The molecule has 0 amide bonds. The highest BCUT2D eigenvalue weighted by Gasteiger charge is 2.09. The first kappa shape index (κ1) is 10.9. The molecule has 0 saturated carbocycles. The van der Waals surface area contributed by atoms with Crippen LogP contribution >= 0.6 is 0 Å². The molecule has 0 aromatic carbocycles. The van der Waals surface area contributed by atoms with Gasteiger partial charge in [-0.2, -0.15) is 5.10 Å². The zero-order chi connectivity index (χ0) is 11.4. The molecule has 0 atom stereocenters. The summed E-state index contributed by atoms with van der Waals surface area (Å²) in [5.74, 6) is 0.982. The van der Waals surface area contributed by atoms with Gasteiger partial charge in [-0.15, -0.1) is 0 Å². The number of fused-ring (bicyclic) bond motifs is 1. The molecule has 5 nitrogen and oxygen atoms in total. The van der Waals surface area contributed by atoms with Crippen LogP contribution in [0.5, 0.6) is 0 Å². The lowest BCUT2D eigenvalue weighted by atomic mass is 10.3. The van der Waals surface area contributed by atoms with Crippen LogP contribution in [0, 0.1) is 0 Å². The molecule has 16 heavy (non-hydrogen) atoms. The fraction of sp³-hybridized carbons (Fsp3) is 0.455. The first-order valence-corrected chi connectivity index (χ1v) is 5.60. The van der Waals surface area contributed by atoms with Crippen LogP contribution in [-0.4, -0.2) is 34.2 Å². The van der Waals surface area contributed by atoms with Crippen molar-refractivity contribution in [1.29, 1.82) is 0 Å². The van der Waals surface area contributed by atoms with Crippen LogP contribution in [-0.2, 0) is 0 Å². The molecule has 2 aromatic heterocycles. The van der Waals surface area contributed by atoms with E-state index in [1.54, 1.807) is 12.4 Å². The second kappa shape index (κ2) is 4.94. The lowest BCUT2D eigenvalue weighted by Crippen LogP contribution is -2.27. The minimum Gasteiger partial charge on any atom is -0.355 e. The summed E-state index contributed by atoms with van der Waals surface area (Å²) >= 11 is 0. The van der Waals surface area contributed by atoms with Gasteiger partial charge in [-0.05, 0) is 26.0 Å². The Morgan fingerprint density at radius 1 is 1.44 bits per heavy atom. The Morgan fingerprint density at radius 3 is 3.06 bits per heavy atom. The Bertz CT molecular complexity index is 450. The predicted molar refractivity (Wildman–Crippen MR) is 64.5 cm³/mol. The van der Waals surface area contributed by atoms with Gasteiger partial charge >= 0.3 is 0 Å². The van der Waals surface area contributed by atoms with Gasteiger partial charge in [-0.1, -0.05) is 0 Å². The smallest absolute Gasteiger partial charge is 0.154 e. The normalized spacial score (nSPS) is 10.9. The Balaban J connectivity index is 2.32. The van der Waals surface area contributed by atoms with Gasteiger partial charge < -0.3 is 10.6 Å². The van der Waals surface area contributed by atoms with Crippen molar-refractivity contribution in [2.45, 2.75) is 13.3 Å². The number of hydrogen-bond donors (Lipinski definition) is 1. The first-order chi connectivity index (χ1) is 7.86. The van der Waals surface area contributed by atoms with E-state index in [0.29, 0.717) is 6.54 Å². The average Bonchev–Trinajstić information content (AvgIpc) is 2.78. The monoisotopic (exact) mass is 219 g/mol. The maximum Gasteiger partial charge on any atom is 0.154 e. The van der Waals surface area contributed by atoms with Crippen molar-refractivity contribution in [2.75, 3.05) is 24.5 Å². The molecule has 0 fully saturated rings. The Hall–Kier alpha value is -1.62. The largest absolute Gasteiger partial charge is 0.355 e. The van der Waals surface area contributed by atoms with Crippen molar-refractivity contribution in [3.05, 3.63) is 24.7 Å². The molecule has 0 aliphatic heterocycles. The third kappa shape index (κ3) is 1.99. The molecule has 0 aliphatic carbocycles. The summed E-state index contributed by atoms with van der Waals surface area (Å²) in [7, 11) is 0. The van der Waals surface area contributed by atoms with Crippen LogP contribution in [0.25, 0.3) is 5.52 Å². The highest BCUT2D eigenvalue weighted by Crippen LogP contribution is 2.17. The molecule has 2 rings (SSSR count). The number of nitrogens with zero attached hydrogens (tertiary/aromatic N) is 4. The van der Waals surface area contributed by atoms with Gasteiger partial charge in [0.25, 0.3) is 0 Å². The van der Waals surface area contributed by atoms with Gasteiger partial charge in [0.15, 0.2) is 5.82 Å². The molecular weight excluding hydrogens is 202 g/mol. The molecule has 0 bridgehead atoms. The van der Waals surface area contributed by atoms with Gasteiger partial charge in [-0.3, -0.25) is 0 Å². The van der Waals surface area contributed by atoms with Gasteiger partial charge in [0.05, 0.1) is 6.20 Å². The quantitative estimate of drug-likeness (QED) is 0.812. The summed E-state index contributed by atoms with van der Waals surface area (Å²) in [6, 6.07) is 1.98. The summed E-state index contributed by atoms with van der Waals surface area (Å²) < 4.78 is 1.84. The zero-order valence-electron chi connectivity index (χ0n) is 9.50. The number of aromatic nitrogens is 3. The van der Waals surface area contributed by atoms with Gasteiger partial charge in [0, 0.05) is 25.5 Å². The van der Waals surface area contributed by atoms with Gasteiger partial charge in [0.2, 0.25) is 0 Å². The lowest BCUT2D eigenvalue weighted by molar-refractivity contribution is 0.743. The Kier molecular flexibility index (Phi) is 3.36. The van der Waals surface area contributed by atoms with Crippen LogP contribution in [0.2, 0.25) is 0 Å². The van der Waals surface area contributed by atoms with Gasteiger partial charge in [-0.25, -0.2) is 9.50 Å². The van der Waals surface area contributed by atoms with E-state index in [9.17, 15) is 0 Å². The summed E-state index contributed by atoms with van der Waals surface area (Å²) in [6.07, 6.45) is 6.40. The molecule has 2 heterocycles. The van der Waals surface area contributed by atoms with E-state index >= 15 is 0 Å². The highest BCUT2D eigenvalue weighted by molar-refractivity contribution is 5.68. The van der Waals surface area contributed by atoms with E-state index in [1.807, 2.05) is 16.8 Å². The molecule has 0 saturated heterocycles. The van der Waals surface area contributed by atoms with Crippen LogP contribution in [0.1, 0.15) is 13.3 Å². The second-order valence-corrected chi connectivity index (χ2v) is 3.63. The topological polar surface area (TPSA) is 59.5 Å². The maximum absolute atomic E-state index is 5.54. The van der Waals surface area contributed by atoms with E-state index in [-0.39, 0.29) is 0 Å². The lowest BCUT2D eigenvalue weighted by Gasteiger charge is -2.22. The van der Waals surface area contributed by atoms with E-state index in [4.69, 9.17) is 5.73 Å². The van der Waals surface area contributed by atoms with Crippen molar-refractivity contribution >= 4 is 11.3 Å². The highest BCUT2D eigenvalue weighted by atomic mass is 15.3. The first-order valence-electron chi connectivity index (χ1n) is 5.60. The Labute approximate surface area is 94.9 Å². The zero-order valence-corrected chi connectivity index (χ0v) is 9.50. The number of anilines is 1. The fourth-order valence-corrected chi connectivity index (χ4v) is 1.78. The van der Waals surface area contributed by atoms with Crippen molar-refractivity contribution < 1.29 is 0 Å². The molecule has 0 aliphatic rings. The Morgan fingerprint density at radius 2 is 2.31 bits per heavy atom. The SMILES string of the molecule is CCN(CCCN)c1nccn2nccc12. The molecule has 0 radical (unpaired) electrons. The van der Waals surface area contributed by atoms with Crippen molar-refractivity contribution in [2.24, 2.45) is 5.73 Å². The third-order valence-corrected chi connectivity index (χ3v) is 2.62. The van der Waals surface area contributed by atoms with Crippen molar-refractivity contribution in [3.8, 4) is 0 Å². The molecule has 5 heteroatoms. The van der Waals surface area contributed by atoms with E-state index in [2.05, 4.69) is 21.9 Å². The number of hydrogen-bond acceptors (Lipinski definition) is 4. The fourth-order valence-electron chi connectivity index (χ4n) is 1.78. The molecule has 2 aromatic rings. The van der Waals surface area contributed by atoms with E-state index in [0.717, 1.165) is 30.8 Å². The van der Waals surface area contributed by atoms with Crippen molar-refractivity contribution in [1.82, 2.24) is 14.6 Å². The molecule has 0 spiro atoms. The molecule has 2 N–H and O–H groups in total. The van der Waals surface area contributed by atoms with Crippen molar-refractivity contribution in [3.63, 3.8) is 0 Å². The van der Waals surface area contributed by atoms with E-state index < -0.39 is 0 Å².